The molecule has 1 unspecified atom stereocenters. The van der Waals surface area contributed by atoms with Gasteiger partial charge in [0.25, 0.3) is 0 Å². The van der Waals surface area contributed by atoms with Crippen LogP contribution in [0.25, 0.3) is 16.8 Å². The fraction of sp³-hybridized carbons (Fsp3) is 0.676. The Labute approximate surface area is 270 Å². The number of anilines is 1. The van der Waals surface area contributed by atoms with Gasteiger partial charge in [-0.15, -0.1) is 0 Å². The second kappa shape index (κ2) is 13.5. The predicted molar refractivity (Wildman–Crippen MR) is 185 cm³/mol. The number of hydrogen-bond acceptors (Lipinski definition) is 7. The number of hydrogen-bond donors (Lipinski definition) is 1. The van der Waals surface area contributed by atoms with E-state index in [9.17, 15) is 5.11 Å². The Morgan fingerprint density at radius 3 is 2.07 bits per heavy atom. The molecule has 45 heavy (non-hydrogen) atoms. The van der Waals surface area contributed by atoms with Gasteiger partial charge >= 0.3 is 0 Å². The molecular formula is C34H54FN5O3Si2. The lowest BCUT2D eigenvalue weighted by Gasteiger charge is -2.30. The summed E-state index contributed by atoms with van der Waals surface area (Å²) in [5, 5.41) is 15.2. The first-order chi connectivity index (χ1) is 21.1. The summed E-state index contributed by atoms with van der Waals surface area (Å²) in [6.45, 7) is 19.4. The summed E-state index contributed by atoms with van der Waals surface area (Å²) < 4.78 is 29.7. The average Bonchev–Trinajstić information content (AvgIpc) is 3.51. The first-order valence-electron chi connectivity index (χ1n) is 16.8. The second-order valence-electron chi connectivity index (χ2n) is 16.4. The van der Waals surface area contributed by atoms with Crippen LogP contribution in [0.5, 0.6) is 0 Å². The predicted octanol–water partition coefficient (Wildman–Crippen LogP) is 7.88. The van der Waals surface area contributed by atoms with E-state index in [1.54, 1.807) is 12.4 Å². The Bertz CT molecular complexity index is 1430. The summed E-state index contributed by atoms with van der Waals surface area (Å²) in [7, 11) is -2.50. The number of halogens is 1. The van der Waals surface area contributed by atoms with Gasteiger partial charge in [0, 0.05) is 64.4 Å². The molecule has 8 nitrogen and oxygen atoms in total. The van der Waals surface area contributed by atoms with Crippen molar-refractivity contribution >= 4 is 27.6 Å². The van der Waals surface area contributed by atoms with Crippen molar-refractivity contribution in [3.63, 3.8) is 0 Å². The highest BCUT2D eigenvalue weighted by molar-refractivity contribution is 6.76. The van der Waals surface area contributed by atoms with Crippen molar-refractivity contribution in [2.75, 3.05) is 31.6 Å². The van der Waals surface area contributed by atoms with E-state index in [4.69, 9.17) is 19.6 Å². The van der Waals surface area contributed by atoms with Crippen molar-refractivity contribution < 1.29 is 19.0 Å². The molecule has 5 rings (SSSR count). The molecule has 2 fully saturated rings. The Morgan fingerprint density at radius 1 is 0.933 bits per heavy atom. The zero-order valence-corrected chi connectivity index (χ0v) is 30.7. The van der Waals surface area contributed by atoms with E-state index in [-0.39, 0.29) is 5.69 Å². The maximum absolute atomic E-state index is 15.2. The third-order valence-electron chi connectivity index (χ3n) is 9.32. The smallest absolute Gasteiger partial charge is 0.165 e. The van der Waals surface area contributed by atoms with E-state index < -0.39 is 27.6 Å². The number of aliphatic hydroxyl groups is 1. The van der Waals surface area contributed by atoms with Crippen molar-refractivity contribution in [1.29, 1.82) is 0 Å². The summed E-state index contributed by atoms with van der Waals surface area (Å²) in [6, 6.07) is 5.80. The molecule has 3 aromatic rings. The molecule has 3 heterocycles. The lowest BCUT2D eigenvalue weighted by molar-refractivity contribution is 0.0695. The van der Waals surface area contributed by atoms with E-state index >= 15 is 4.39 Å². The van der Waals surface area contributed by atoms with Gasteiger partial charge in [-0.3, -0.25) is 4.98 Å². The van der Waals surface area contributed by atoms with Gasteiger partial charge in [-0.05, 0) is 63.1 Å². The molecule has 0 amide bonds. The van der Waals surface area contributed by atoms with Crippen molar-refractivity contribution in [3.05, 3.63) is 41.7 Å². The van der Waals surface area contributed by atoms with Crippen LogP contribution in [-0.4, -0.2) is 67.5 Å². The van der Waals surface area contributed by atoms with Gasteiger partial charge in [0.2, 0.25) is 0 Å². The fourth-order valence-corrected chi connectivity index (χ4v) is 8.18. The SMILES string of the molecule is CC(C)(O)c1ncc(-c2cnn3c(N(COCC[Si](C)(C)C)COCC[Si](C)(C)C)cc(C4C[C@H]5CC[C@@H](C4)C5)nc23)cc1F. The number of pyridine rings is 1. The minimum Gasteiger partial charge on any atom is -0.384 e. The number of rotatable bonds is 14. The zero-order valence-electron chi connectivity index (χ0n) is 28.7. The molecule has 3 aromatic heterocycles. The minimum atomic E-state index is -1.38. The van der Waals surface area contributed by atoms with Crippen molar-refractivity contribution in [2.45, 2.75) is 109 Å². The molecule has 0 aromatic carbocycles. The summed E-state index contributed by atoms with van der Waals surface area (Å²) in [5.74, 6) is 2.23. The van der Waals surface area contributed by atoms with E-state index in [1.807, 2.05) is 4.52 Å². The molecule has 0 saturated heterocycles. The van der Waals surface area contributed by atoms with Gasteiger partial charge < -0.3 is 19.5 Å². The molecule has 0 spiro atoms. The first kappa shape index (κ1) is 34.2. The molecular weight excluding hydrogens is 602 g/mol. The monoisotopic (exact) mass is 655 g/mol. The second-order valence-corrected chi connectivity index (χ2v) is 27.6. The van der Waals surface area contributed by atoms with Crippen LogP contribution in [0.3, 0.4) is 0 Å². The third-order valence-corrected chi connectivity index (χ3v) is 12.7. The quantitative estimate of drug-likeness (QED) is 0.107. The van der Waals surface area contributed by atoms with Gasteiger partial charge in [-0.1, -0.05) is 52.1 Å². The minimum absolute atomic E-state index is 0.0202. The maximum atomic E-state index is 15.2. The Kier molecular flexibility index (Phi) is 10.3. The van der Waals surface area contributed by atoms with Gasteiger partial charge in [0.1, 0.15) is 36.4 Å². The number of ether oxygens (including phenoxy) is 2. The molecule has 2 aliphatic carbocycles. The van der Waals surface area contributed by atoms with E-state index in [2.05, 4.69) is 55.2 Å². The van der Waals surface area contributed by atoms with E-state index in [0.717, 1.165) is 48.3 Å². The third kappa shape index (κ3) is 8.79. The molecule has 2 aliphatic rings. The normalized spacial score (nSPS) is 20.7. The van der Waals surface area contributed by atoms with Gasteiger partial charge in [0.05, 0.1) is 6.20 Å². The van der Waals surface area contributed by atoms with E-state index in [0.29, 0.717) is 49.4 Å². The topological polar surface area (TPSA) is 85.0 Å². The van der Waals surface area contributed by atoms with Crippen molar-refractivity contribution in [3.8, 4) is 11.1 Å². The van der Waals surface area contributed by atoms with Crippen LogP contribution in [0.15, 0.2) is 24.5 Å². The van der Waals surface area contributed by atoms with Gasteiger partial charge in [-0.25, -0.2) is 9.37 Å². The van der Waals surface area contributed by atoms with Crippen LogP contribution in [-0.2, 0) is 15.1 Å². The summed E-state index contributed by atoms with van der Waals surface area (Å²) in [4.78, 5) is 11.7. The molecule has 2 saturated carbocycles. The molecule has 0 radical (unpaired) electrons. The van der Waals surface area contributed by atoms with E-state index in [1.165, 1.54) is 39.2 Å². The fourth-order valence-electron chi connectivity index (χ4n) is 6.66. The van der Waals surface area contributed by atoms with Crippen LogP contribution in [0.1, 0.15) is 63.3 Å². The lowest BCUT2D eigenvalue weighted by Crippen LogP contribution is -2.33. The molecule has 1 N–H and O–H groups in total. The number of nitrogens with zero attached hydrogens (tertiary/aromatic N) is 5. The summed E-state index contributed by atoms with van der Waals surface area (Å²) in [6.07, 6.45) is 9.63. The number of fused-ring (bicyclic) bond motifs is 3. The molecule has 3 atom stereocenters. The molecule has 248 valence electrons. The highest BCUT2D eigenvalue weighted by atomic mass is 28.3. The highest BCUT2D eigenvalue weighted by Crippen LogP contribution is 2.48. The Hall–Kier alpha value is -2.19. The zero-order chi connectivity index (χ0) is 32.6. The molecule has 2 bridgehead atoms. The highest BCUT2D eigenvalue weighted by Gasteiger charge is 2.36. The summed E-state index contributed by atoms with van der Waals surface area (Å²) >= 11 is 0. The van der Waals surface area contributed by atoms with Crippen LogP contribution < -0.4 is 4.90 Å². The number of aromatic nitrogens is 4. The van der Waals surface area contributed by atoms with Crippen LogP contribution in [0.2, 0.25) is 51.4 Å². The Balaban J connectivity index is 1.54. The standard InChI is InChI=1S/C34H54FN5O3Si2/c1-34(2,41)32-29(35)18-27(20-36-32)28-21-37-40-31(19-30(38-33(28)40)26-16-24-9-10-25(15-24)17-26)39(22-42-11-13-44(3,4)5)23-43-12-14-45(6,7)8/h18-21,24-26,41H,9-17,22-23H2,1-8H3/t24-,25+,26?. The lowest BCUT2D eigenvalue weighted by atomic mass is 9.79. The van der Waals surface area contributed by atoms with Crippen LogP contribution in [0, 0.1) is 17.7 Å². The van der Waals surface area contributed by atoms with Gasteiger partial charge in [-0.2, -0.15) is 9.61 Å². The maximum Gasteiger partial charge on any atom is 0.165 e. The van der Waals surface area contributed by atoms with Gasteiger partial charge in [0.15, 0.2) is 5.65 Å². The summed E-state index contributed by atoms with van der Waals surface area (Å²) in [5.41, 5.74) is 1.67. The first-order valence-corrected chi connectivity index (χ1v) is 24.2. The Morgan fingerprint density at radius 2 is 1.53 bits per heavy atom. The van der Waals surface area contributed by atoms with Crippen molar-refractivity contribution in [2.24, 2.45) is 11.8 Å². The largest absolute Gasteiger partial charge is 0.384 e. The van der Waals surface area contributed by atoms with Crippen LogP contribution in [0.4, 0.5) is 10.2 Å². The molecule has 11 heteroatoms. The van der Waals surface area contributed by atoms with Crippen LogP contribution >= 0.6 is 0 Å². The van der Waals surface area contributed by atoms with Crippen molar-refractivity contribution in [1.82, 2.24) is 19.6 Å². The average molecular weight is 656 g/mol. The molecule has 0 aliphatic heterocycles.